The number of sulfonamides is 1. The van der Waals surface area contributed by atoms with Crippen LogP contribution in [0.3, 0.4) is 0 Å². The molecule has 0 aliphatic heterocycles. The Balaban J connectivity index is 2.47. The minimum absolute atomic E-state index is 0.189. The maximum absolute atomic E-state index is 13.6. The number of carbonyl (C=O) groups is 2. The molecule has 1 N–H and O–H groups in total. The number of rotatable bonds is 8. The van der Waals surface area contributed by atoms with Crippen LogP contribution in [-0.2, 0) is 26.2 Å². The van der Waals surface area contributed by atoms with Gasteiger partial charge in [-0.1, -0.05) is 36.4 Å². The number of benzene rings is 2. The fourth-order valence-electron chi connectivity index (χ4n) is 3.61. The molecular formula is C26H37N3O4S. The lowest BCUT2D eigenvalue weighted by Crippen LogP contribution is -2.54. The third kappa shape index (κ3) is 7.32. The van der Waals surface area contributed by atoms with E-state index in [-0.39, 0.29) is 12.5 Å². The zero-order chi connectivity index (χ0) is 25.8. The van der Waals surface area contributed by atoms with Crippen molar-refractivity contribution in [3.8, 4) is 0 Å². The van der Waals surface area contributed by atoms with E-state index in [1.54, 1.807) is 13.0 Å². The Bertz CT molecular complexity index is 1150. The molecule has 34 heavy (non-hydrogen) atoms. The van der Waals surface area contributed by atoms with E-state index in [2.05, 4.69) is 5.32 Å². The molecule has 0 unspecified atom stereocenters. The van der Waals surface area contributed by atoms with Crippen LogP contribution in [0.25, 0.3) is 0 Å². The van der Waals surface area contributed by atoms with E-state index in [0.717, 1.165) is 32.8 Å². The molecule has 0 spiro atoms. The van der Waals surface area contributed by atoms with Crippen LogP contribution in [0, 0.1) is 20.8 Å². The van der Waals surface area contributed by atoms with Gasteiger partial charge in [-0.25, -0.2) is 8.42 Å². The molecule has 2 aromatic carbocycles. The Kier molecular flexibility index (Phi) is 8.53. The van der Waals surface area contributed by atoms with Gasteiger partial charge in [0.2, 0.25) is 21.8 Å². The van der Waals surface area contributed by atoms with E-state index in [4.69, 9.17) is 0 Å². The molecule has 0 fully saturated rings. The number of amides is 2. The van der Waals surface area contributed by atoms with Gasteiger partial charge in [0.05, 0.1) is 11.9 Å². The molecule has 7 nitrogen and oxygen atoms in total. The summed E-state index contributed by atoms with van der Waals surface area (Å²) >= 11 is 0. The molecule has 2 amide bonds. The average molecular weight is 488 g/mol. The Morgan fingerprint density at radius 3 is 2.18 bits per heavy atom. The average Bonchev–Trinajstić information content (AvgIpc) is 2.70. The summed E-state index contributed by atoms with van der Waals surface area (Å²) in [7, 11) is -3.76. The zero-order valence-corrected chi connectivity index (χ0v) is 22.3. The summed E-state index contributed by atoms with van der Waals surface area (Å²) in [5.74, 6) is -0.752. The first-order chi connectivity index (χ1) is 15.6. The van der Waals surface area contributed by atoms with Crippen LogP contribution in [0.4, 0.5) is 5.69 Å². The van der Waals surface area contributed by atoms with Crippen LogP contribution in [0.5, 0.6) is 0 Å². The van der Waals surface area contributed by atoms with E-state index in [0.29, 0.717) is 5.69 Å². The molecule has 2 rings (SSSR count). The molecular weight excluding hydrogens is 450 g/mol. The van der Waals surface area contributed by atoms with Gasteiger partial charge in [0.1, 0.15) is 12.6 Å². The number of anilines is 1. The summed E-state index contributed by atoms with van der Waals surface area (Å²) in [6.07, 6.45) is 1.09. The predicted octanol–water partition coefficient (Wildman–Crippen LogP) is 3.71. The van der Waals surface area contributed by atoms with Crippen molar-refractivity contribution in [3.05, 3.63) is 64.7 Å². The van der Waals surface area contributed by atoms with Gasteiger partial charge in [0.15, 0.2) is 0 Å². The third-order valence-corrected chi connectivity index (χ3v) is 6.71. The van der Waals surface area contributed by atoms with Gasteiger partial charge in [0.25, 0.3) is 0 Å². The van der Waals surface area contributed by atoms with Gasteiger partial charge in [-0.2, -0.15) is 0 Å². The van der Waals surface area contributed by atoms with E-state index < -0.39 is 34.1 Å². The lowest BCUT2D eigenvalue weighted by molar-refractivity contribution is -0.140. The maximum Gasteiger partial charge on any atom is 0.244 e. The molecule has 0 saturated carbocycles. The number of aryl methyl sites for hydroxylation is 3. The second kappa shape index (κ2) is 10.6. The fraction of sp³-hybridized carbons (Fsp3) is 0.462. The summed E-state index contributed by atoms with van der Waals surface area (Å²) in [6.45, 7) is 12.7. The van der Waals surface area contributed by atoms with Gasteiger partial charge in [-0.05, 0) is 76.8 Å². The summed E-state index contributed by atoms with van der Waals surface area (Å²) in [6, 6.07) is 12.3. The summed E-state index contributed by atoms with van der Waals surface area (Å²) < 4.78 is 26.6. The van der Waals surface area contributed by atoms with E-state index in [9.17, 15) is 18.0 Å². The molecule has 0 saturated heterocycles. The first kappa shape index (κ1) is 27.4. The SMILES string of the molecule is Cc1ccc(C)c(N(CC(=O)N(Cc2ccccc2C)[C@@H](C)C(=O)NC(C)(C)C)S(C)(=O)=O)c1. The first-order valence-electron chi connectivity index (χ1n) is 11.3. The number of carbonyl (C=O) groups excluding carboxylic acids is 2. The number of nitrogens with zero attached hydrogens (tertiary/aromatic N) is 2. The molecule has 0 aliphatic rings. The summed E-state index contributed by atoms with van der Waals surface area (Å²) in [4.78, 5) is 28.1. The van der Waals surface area contributed by atoms with Crippen LogP contribution >= 0.6 is 0 Å². The summed E-state index contributed by atoms with van der Waals surface area (Å²) in [5.41, 5.74) is 3.49. The second-order valence-corrected chi connectivity index (χ2v) is 11.8. The van der Waals surface area contributed by atoms with Crippen molar-refractivity contribution >= 4 is 27.5 Å². The quantitative estimate of drug-likeness (QED) is 0.615. The number of hydrogen-bond acceptors (Lipinski definition) is 4. The Morgan fingerprint density at radius 2 is 1.62 bits per heavy atom. The zero-order valence-electron chi connectivity index (χ0n) is 21.5. The number of hydrogen-bond donors (Lipinski definition) is 1. The van der Waals surface area contributed by atoms with Crippen LogP contribution in [0.1, 0.15) is 49.9 Å². The Labute approximate surface area is 204 Å². The van der Waals surface area contributed by atoms with Crippen molar-refractivity contribution in [1.29, 1.82) is 0 Å². The smallest absolute Gasteiger partial charge is 0.244 e. The van der Waals surface area contributed by atoms with Crippen LogP contribution in [-0.4, -0.2) is 49.5 Å². The normalized spacial score (nSPS) is 12.7. The van der Waals surface area contributed by atoms with Gasteiger partial charge < -0.3 is 10.2 Å². The van der Waals surface area contributed by atoms with Crippen LogP contribution in [0.15, 0.2) is 42.5 Å². The lowest BCUT2D eigenvalue weighted by Gasteiger charge is -2.33. The van der Waals surface area contributed by atoms with Crippen molar-refractivity contribution in [2.45, 2.75) is 66.6 Å². The molecule has 2 aromatic rings. The molecule has 0 heterocycles. The van der Waals surface area contributed by atoms with Gasteiger partial charge in [0, 0.05) is 12.1 Å². The molecule has 0 aromatic heterocycles. The lowest BCUT2D eigenvalue weighted by atomic mass is 10.1. The topological polar surface area (TPSA) is 86.8 Å². The minimum Gasteiger partial charge on any atom is -0.350 e. The van der Waals surface area contributed by atoms with E-state index in [1.165, 1.54) is 4.90 Å². The van der Waals surface area contributed by atoms with Crippen molar-refractivity contribution in [1.82, 2.24) is 10.2 Å². The molecule has 186 valence electrons. The van der Waals surface area contributed by atoms with Gasteiger partial charge >= 0.3 is 0 Å². The molecule has 1 atom stereocenters. The minimum atomic E-state index is -3.76. The largest absolute Gasteiger partial charge is 0.350 e. The predicted molar refractivity (Wildman–Crippen MR) is 137 cm³/mol. The van der Waals surface area contributed by atoms with Gasteiger partial charge in [-0.3, -0.25) is 13.9 Å². The Morgan fingerprint density at radius 1 is 1.00 bits per heavy atom. The monoisotopic (exact) mass is 487 g/mol. The highest BCUT2D eigenvalue weighted by Crippen LogP contribution is 2.25. The molecule has 8 heteroatoms. The Hall–Kier alpha value is -2.87. The van der Waals surface area contributed by atoms with E-state index >= 15 is 0 Å². The highest BCUT2D eigenvalue weighted by atomic mass is 32.2. The number of nitrogens with one attached hydrogen (secondary N) is 1. The second-order valence-electron chi connectivity index (χ2n) is 9.92. The summed E-state index contributed by atoms with van der Waals surface area (Å²) in [5, 5.41) is 2.92. The van der Waals surface area contributed by atoms with Crippen molar-refractivity contribution in [2.24, 2.45) is 0 Å². The highest BCUT2D eigenvalue weighted by molar-refractivity contribution is 7.92. The van der Waals surface area contributed by atoms with Crippen molar-refractivity contribution in [2.75, 3.05) is 17.1 Å². The third-order valence-electron chi connectivity index (χ3n) is 5.58. The fourth-order valence-corrected chi connectivity index (χ4v) is 4.51. The molecule has 0 aliphatic carbocycles. The maximum atomic E-state index is 13.6. The van der Waals surface area contributed by atoms with Gasteiger partial charge in [-0.15, -0.1) is 0 Å². The van der Waals surface area contributed by atoms with Crippen LogP contribution < -0.4 is 9.62 Å². The van der Waals surface area contributed by atoms with Crippen LogP contribution in [0.2, 0.25) is 0 Å². The van der Waals surface area contributed by atoms with Crippen molar-refractivity contribution < 1.29 is 18.0 Å². The first-order valence-corrected chi connectivity index (χ1v) is 13.2. The molecule has 0 bridgehead atoms. The standard InChI is InChI=1S/C26H37N3O4S/c1-18-13-14-20(3)23(15-18)29(34(8,32)33)17-24(30)28(16-22-12-10-9-11-19(22)2)21(4)25(31)27-26(5,6)7/h9-15,21H,16-17H2,1-8H3,(H,27,31)/t21-/m0/s1. The molecule has 0 radical (unpaired) electrons. The van der Waals surface area contributed by atoms with Crippen molar-refractivity contribution in [3.63, 3.8) is 0 Å². The van der Waals surface area contributed by atoms with E-state index in [1.807, 2.05) is 77.9 Å². The highest BCUT2D eigenvalue weighted by Gasteiger charge is 2.32.